The Labute approximate surface area is 280 Å². The van der Waals surface area contributed by atoms with E-state index in [0.29, 0.717) is 22.0 Å². The lowest BCUT2D eigenvalue weighted by Crippen LogP contribution is -2.26. The Morgan fingerprint density at radius 2 is 1.98 bits per heavy atom. The van der Waals surface area contributed by atoms with Gasteiger partial charge in [-0.1, -0.05) is 24.3 Å². The molecule has 0 spiro atoms. The molecular weight excluding hydrogens is 656 g/mol. The van der Waals surface area contributed by atoms with Crippen LogP contribution in [0.4, 0.5) is 8.78 Å². The zero-order valence-electron chi connectivity index (χ0n) is 26.7. The lowest BCUT2D eigenvalue weighted by Gasteiger charge is -2.16. The molecule has 0 saturated carbocycles. The molecule has 0 saturated heterocycles. The highest BCUT2D eigenvalue weighted by molar-refractivity contribution is 7.92. The van der Waals surface area contributed by atoms with Crippen LogP contribution in [0.3, 0.4) is 0 Å². The van der Waals surface area contributed by atoms with Crippen LogP contribution in [0.5, 0.6) is 11.5 Å². The highest BCUT2D eigenvalue weighted by Gasteiger charge is 2.27. The van der Waals surface area contributed by atoms with E-state index in [4.69, 9.17) is 10.6 Å². The minimum Gasteiger partial charge on any atom is -0.481 e. The summed E-state index contributed by atoms with van der Waals surface area (Å²) in [6.07, 6.45) is 1.87. The van der Waals surface area contributed by atoms with Crippen molar-refractivity contribution in [1.29, 1.82) is 0 Å². The van der Waals surface area contributed by atoms with Gasteiger partial charge in [0.05, 0.1) is 35.0 Å². The topological polar surface area (TPSA) is 178 Å². The van der Waals surface area contributed by atoms with E-state index in [1.807, 2.05) is 0 Å². The minimum atomic E-state index is -3.84. The molecule has 1 atom stereocenters. The van der Waals surface area contributed by atoms with Crippen molar-refractivity contribution in [2.45, 2.75) is 38.6 Å². The fourth-order valence-electron chi connectivity index (χ4n) is 5.90. The number of halogens is 2. The summed E-state index contributed by atoms with van der Waals surface area (Å²) in [6, 6.07) is 14.1. The third-order valence-electron chi connectivity index (χ3n) is 8.46. The van der Waals surface area contributed by atoms with Crippen LogP contribution >= 0.6 is 0 Å². The highest BCUT2D eigenvalue weighted by Crippen LogP contribution is 2.37. The number of aromatic nitrogens is 4. The van der Waals surface area contributed by atoms with Crippen molar-refractivity contribution in [3.05, 3.63) is 94.9 Å². The average Bonchev–Trinajstić information content (AvgIpc) is 3.69. The first-order valence-corrected chi connectivity index (χ1v) is 17.2. The number of aliphatic carboxylic acids is 1. The molecule has 0 fully saturated rings. The van der Waals surface area contributed by atoms with Crippen LogP contribution in [0.25, 0.3) is 22.3 Å². The minimum absolute atomic E-state index is 0.0313. The summed E-state index contributed by atoms with van der Waals surface area (Å²) in [7, 11) is -2.25. The predicted octanol–water partition coefficient (Wildman–Crippen LogP) is 5.28. The molecule has 1 aliphatic rings. The van der Waals surface area contributed by atoms with Crippen LogP contribution in [0.2, 0.25) is 0 Å². The molecule has 3 heterocycles. The standard InChI is InChI=1S/C34H33F2N7O5S/c1-19-30(41-37)18-49(46,47)13-11-23(21-5-3-4-20(14-21)6-9-31(44)45)33-40-34(43(2)42-33)25-15-22(7-8-27(25)35)48-32-26(17-39-19)24-10-12-38-29(24)16-28(32)36/h3-5,7-8,10,12,14-16,23,38H,6,9,11,13,17-18,37H2,1-2H3,(H,44,45). The molecule has 0 radical (unpaired) electrons. The van der Waals surface area contributed by atoms with Gasteiger partial charge in [-0.2, -0.15) is 10.2 Å². The van der Waals surface area contributed by atoms with E-state index in [1.54, 1.807) is 50.5 Å². The first-order chi connectivity index (χ1) is 23.4. The Hall–Kier alpha value is -5.44. The summed E-state index contributed by atoms with van der Waals surface area (Å²) in [6.45, 7) is 1.47. The number of fused-ring (bicyclic) bond motifs is 8. The Morgan fingerprint density at radius 3 is 2.76 bits per heavy atom. The summed E-state index contributed by atoms with van der Waals surface area (Å²) in [4.78, 5) is 23.4. The van der Waals surface area contributed by atoms with Crippen LogP contribution in [0.1, 0.15) is 48.2 Å². The molecule has 0 aliphatic carbocycles. The monoisotopic (exact) mass is 689 g/mol. The number of nitrogens with two attached hydrogens (primary N) is 1. The van der Waals surface area contributed by atoms with Gasteiger partial charge in [0.15, 0.2) is 33.1 Å². The number of sulfone groups is 1. The van der Waals surface area contributed by atoms with Crippen molar-refractivity contribution in [2.24, 2.45) is 23.0 Å². The number of hydrogen-bond acceptors (Lipinski definition) is 9. The molecule has 1 aliphatic heterocycles. The fourth-order valence-corrected chi connectivity index (χ4v) is 7.34. The Morgan fingerprint density at radius 1 is 1.16 bits per heavy atom. The van der Waals surface area contributed by atoms with Gasteiger partial charge in [0.1, 0.15) is 11.6 Å². The number of ether oxygens (including phenoxy) is 1. The van der Waals surface area contributed by atoms with Crippen LogP contribution in [-0.2, 0) is 34.6 Å². The van der Waals surface area contributed by atoms with Crippen LogP contribution < -0.4 is 10.6 Å². The van der Waals surface area contributed by atoms with Gasteiger partial charge in [0, 0.05) is 48.1 Å². The molecule has 2 aromatic heterocycles. The van der Waals surface area contributed by atoms with E-state index in [1.165, 1.54) is 28.9 Å². The Kier molecular flexibility index (Phi) is 9.28. The third-order valence-corrected chi connectivity index (χ3v) is 10.0. The van der Waals surface area contributed by atoms with Gasteiger partial charge in [-0.05, 0) is 55.2 Å². The van der Waals surface area contributed by atoms with E-state index in [-0.39, 0.29) is 71.7 Å². The maximum absolute atomic E-state index is 15.6. The molecule has 15 heteroatoms. The second-order valence-electron chi connectivity index (χ2n) is 11.8. The number of hydrogen-bond donors (Lipinski definition) is 3. The molecule has 254 valence electrons. The molecule has 4 N–H and O–H groups in total. The second-order valence-corrected chi connectivity index (χ2v) is 14.0. The van der Waals surface area contributed by atoms with E-state index in [2.05, 4.69) is 25.2 Å². The number of aryl methyl sites for hydroxylation is 2. The lowest BCUT2D eigenvalue weighted by atomic mass is 9.93. The van der Waals surface area contributed by atoms with Crippen molar-refractivity contribution in [1.82, 2.24) is 19.7 Å². The van der Waals surface area contributed by atoms with Crippen LogP contribution in [-0.4, -0.2) is 62.2 Å². The van der Waals surface area contributed by atoms with Crippen molar-refractivity contribution in [2.75, 3.05) is 11.5 Å². The number of nitrogens with one attached hydrogen (secondary N) is 1. The number of nitrogens with zero attached hydrogens (tertiary/aromatic N) is 5. The van der Waals surface area contributed by atoms with E-state index in [9.17, 15) is 18.3 Å². The molecule has 12 nitrogen and oxygen atoms in total. The number of carbonyl (C=O) groups is 1. The number of H-pyrrole nitrogens is 1. The second kappa shape index (κ2) is 13.6. The molecule has 3 aromatic carbocycles. The number of hydrazone groups is 1. The quantitative estimate of drug-likeness (QED) is 0.169. The zero-order valence-corrected chi connectivity index (χ0v) is 27.5. The molecule has 49 heavy (non-hydrogen) atoms. The van der Waals surface area contributed by atoms with Crippen molar-refractivity contribution in [3.8, 4) is 22.9 Å². The molecule has 1 unspecified atom stereocenters. The maximum atomic E-state index is 15.6. The van der Waals surface area contributed by atoms with Crippen LogP contribution in [0, 0.1) is 11.6 Å². The van der Waals surface area contributed by atoms with Gasteiger partial charge >= 0.3 is 5.97 Å². The average molecular weight is 690 g/mol. The summed E-state index contributed by atoms with van der Waals surface area (Å²) in [5, 5.41) is 18.1. The largest absolute Gasteiger partial charge is 0.481 e. The van der Waals surface area contributed by atoms with E-state index >= 15 is 8.78 Å². The summed E-state index contributed by atoms with van der Waals surface area (Å²) < 4.78 is 65.6. The molecule has 6 rings (SSSR count). The first-order valence-electron chi connectivity index (χ1n) is 15.4. The number of benzene rings is 3. The number of rotatable bonds is 4. The van der Waals surface area contributed by atoms with Gasteiger partial charge in [-0.15, -0.1) is 0 Å². The van der Waals surface area contributed by atoms with Gasteiger partial charge in [-0.3, -0.25) is 9.79 Å². The summed E-state index contributed by atoms with van der Waals surface area (Å²) in [5.41, 5.74) is 2.59. The predicted molar refractivity (Wildman–Crippen MR) is 181 cm³/mol. The number of carboxylic acids is 1. The number of aromatic amines is 1. The Balaban J connectivity index is 1.51. The smallest absolute Gasteiger partial charge is 0.303 e. The van der Waals surface area contributed by atoms with Gasteiger partial charge in [-0.25, -0.2) is 26.9 Å². The maximum Gasteiger partial charge on any atom is 0.303 e. The normalized spacial score (nSPS) is 17.5. The summed E-state index contributed by atoms with van der Waals surface area (Å²) in [5.74, 6) is 2.27. The SMILES string of the molecule is CC1=NCc2c(c(F)cc3[nH]ccc23)Oc2ccc(F)c(c2)-c2nc(nn2C)C(c2cccc(CCC(=O)O)c2)CCS(=O)(=O)CC1=NN. The van der Waals surface area contributed by atoms with E-state index < -0.39 is 39.1 Å². The van der Waals surface area contributed by atoms with Gasteiger partial charge in [0.25, 0.3) is 0 Å². The first kappa shape index (κ1) is 33.5. The lowest BCUT2D eigenvalue weighted by molar-refractivity contribution is -0.136. The molecular formula is C34H33F2N7O5S. The zero-order chi connectivity index (χ0) is 34.9. The van der Waals surface area contributed by atoms with Gasteiger partial charge in [0.2, 0.25) is 0 Å². The molecule has 4 bridgehead atoms. The molecule has 0 amide bonds. The fraction of sp³-hybridized carbons (Fsp3) is 0.265. The number of aliphatic imine (C=N–C) groups is 1. The van der Waals surface area contributed by atoms with Crippen LogP contribution in [0.15, 0.2) is 70.9 Å². The van der Waals surface area contributed by atoms with Crippen molar-refractivity contribution >= 4 is 38.1 Å². The summed E-state index contributed by atoms with van der Waals surface area (Å²) >= 11 is 0. The van der Waals surface area contributed by atoms with Crippen molar-refractivity contribution in [3.63, 3.8) is 0 Å². The Bertz CT molecular complexity index is 2240. The van der Waals surface area contributed by atoms with Crippen molar-refractivity contribution < 1.29 is 31.8 Å². The third kappa shape index (κ3) is 7.21. The highest BCUT2D eigenvalue weighted by atomic mass is 32.2. The van der Waals surface area contributed by atoms with Gasteiger partial charge < -0.3 is 20.7 Å². The van der Waals surface area contributed by atoms with E-state index in [0.717, 1.165) is 5.56 Å². The molecule has 5 aromatic rings. The number of carboxylic acid groups (broad SMARTS) is 1.